The Morgan fingerprint density at radius 1 is 1.12 bits per heavy atom. The molecule has 3 N–H and O–H groups in total. The lowest BCUT2D eigenvalue weighted by atomic mass is 10.1. The van der Waals surface area contributed by atoms with Gasteiger partial charge in [-0.2, -0.15) is 5.26 Å². The Labute approximate surface area is 150 Å². The zero-order valence-corrected chi connectivity index (χ0v) is 14.5. The van der Waals surface area contributed by atoms with Crippen LogP contribution in [0.1, 0.15) is 22.8 Å². The van der Waals surface area contributed by atoms with Gasteiger partial charge in [-0.15, -0.1) is 0 Å². The molecule has 0 aromatic heterocycles. The molecule has 0 aliphatic heterocycles. The number of carbonyl (C=O) groups excluding carboxylic acids is 2. The van der Waals surface area contributed by atoms with Gasteiger partial charge in [0.15, 0.2) is 6.10 Å². The molecule has 8 nitrogen and oxygen atoms in total. The van der Waals surface area contributed by atoms with Crippen molar-refractivity contribution in [1.29, 1.82) is 5.26 Å². The highest BCUT2D eigenvalue weighted by Crippen LogP contribution is 2.14. The molecule has 1 atom stereocenters. The van der Waals surface area contributed by atoms with E-state index in [-0.39, 0.29) is 10.5 Å². The third-order valence-electron chi connectivity index (χ3n) is 3.35. The topological polar surface area (TPSA) is 139 Å². The maximum absolute atomic E-state index is 12.1. The Hall–Kier alpha value is -3.22. The lowest BCUT2D eigenvalue weighted by molar-refractivity contribution is -0.123. The van der Waals surface area contributed by atoms with Crippen LogP contribution >= 0.6 is 0 Å². The van der Waals surface area contributed by atoms with E-state index in [9.17, 15) is 18.0 Å². The van der Waals surface area contributed by atoms with E-state index < -0.39 is 28.0 Å². The van der Waals surface area contributed by atoms with Gasteiger partial charge in [-0.1, -0.05) is 0 Å². The van der Waals surface area contributed by atoms with Crippen molar-refractivity contribution in [3.63, 3.8) is 0 Å². The van der Waals surface area contributed by atoms with Crippen molar-refractivity contribution >= 4 is 27.6 Å². The highest BCUT2D eigenvalue weighted by Gasteiger charge is 2.19. The number of esters is 1. The lowest BCUT2D eigenvalue weighted by Gasteiger charge is -2.13. The Morgan fingerprint density at radius 3 is 2.19 bits per heavy atom. The highest BCUT2D eigenvalue weighted by atomic mass is 32.2. The summed E-state index contributed by atoms with van der Waals surface area (Å²) in [5.41, 5.74) is 0.931. The van der Waals surface area contributed by atoms with Crippen molar-refractivity contribution in [2.75, 3.05) is 5.32 Å². The van der Waals surface area contributed by atoms with E-state index in [1.165, 1.54) is 55.5 Å². The molecule has 1 unspecified atom stereocenters. The number of ether oxygens (including phenoxy) is 1. The van der Waals surface area contributed by atoms with E-state index in [0.29, 0.717) is 11.3 Å². The summed E-state index contributed by atoms with van der Waals surface area (Å²) in [5.74, 6) is -1.29. The van der Waals surface area contributed by atoms with Gasteiger partial charge in [-0.3, -0.25) is 4.79 Å². The van der Waals surface area contributed by atoms with Crippen LogP contribution in [-0.2, 0) is 19.6 Å². The molecule has 0 heterocycles. The van der Waals surface area contributed by atoms with Crippen LogP contribution in [0.15, 0.2) is 53.4 Å². The number of anilines is 1. The molecule has 0 saturated heterocycles. The summed E-state index contributed by atoms with van der Waals surface area (Å²) in [4.78, 5) is 24.0. The van der Waals surface area contributed by atoms with Crippen LogP contribution in [0.3, 0.4) is 0 Å². The van der Waals surface area contributed by atoms with Gasteiger partial charge in [0.05, 0.1) is 22.1 Å². The highest BCUT2D eigenvalue weighted by molar-refractivity contribution is 7.89. The first kappa shape index (κ1) is 19.1. The van der Waals surface area contributed by atoms with Crippen LogP contribution in [0, 0.1) is 11.3 Å². The van der Waals surface area contributed by atoms with Crippen LogP contribution in [-0.4, -0.2) is 26.4 Å². The van der Waals surface area contributed by atoms with Crippen molar-refractivity contribution in [3.05, 3.63) is 59.7 Å². The second kappa shape index (κ2) is 7.77. The van der Waals surface area contributed by atoms with E-state index in [1.807, 2.05) is 6.07 Å². The third-order valence-corrected chi connectivity index (χ3v) is 4.28. The molecule has 2 aromatic carbocycles. The number of hydrogen-bond donors (Lipinski definition) is 2. The quantitative estimate of drug-likeness (QED) is 0.759. The Morgan fingerprint density at radius 2 is 1.69 bits per heavy atom. The molecule has 1 amide bonds. The summed E-state index contributed by atoms with van der Waals surface area (Å²) in [6.07, 6.45) is -1.09. The molecule has 26 heavy (non-hydrogen) atoms. The minimum Gasteiger partial charge on any atom is -0.449 e. The second-order valence-corrected chi connectivity index (χ2v) is 6.86. The fourth-order valence-corrected chi connectivity index (χ4v) is 2.45. The number of primary sulfonamides is 1. The molecule has 0 saturated carbocycles. The zero-order chi connectivity index (χ0) is 19.3. The molecule has 2 aromatic rings. The SMILES string of the molecule is CC(OC(=O)c1ccc(C#N)cc1)C(=O)Nc1ccc(S(N)(=O)=O)cc1. The van der Waals surface area contributed by atoms with Crippen molar-refractivity contribution < 1.29 is 22.7 Å². The molecule has 0 radical (unpaired) electrons. The second-order valence-electron chi connectivity index (χ2n) is 5.30. The Bertz CT molecular complexity index is 961. The Kier molecular flexibility index (Phi) is 5.71. The van der Waals surface area contributed by atoms with Gasteiger partial charge in [0.25, 0.3) is 5.91 Å². The van der Waals surface area contributed by atoms with Gasteiger partial charge in [0.1, 0.15) is 0 Å². The molecule has 0 aliphatic carbocycles. The zero-order valence-electron chi connectivity index (χ0n) is 13.7. The monoisotopic (exact) mass is 373 g/mol. The standard InChI is InChI=1S/C17H15N3O5S/c1-11(25-17(22)13-4-2-12(10-18)3-5-13)16(21)20-14-6-8-15(9-7-14)26(19,23)24/h2-9,11H,1H3,(H,20,21)(H2,19,23,24). The third kappa shape index (κ3) is 4.89. The smallest absolute Gasteiger partial charge is 0.338 e. The largest absolute Gasteiger partial charge is 0.449 e. The van der Waals surface area contributed by atoms with Gasteiger partial charge in [-0.25, -0.2) is 18.4 Å². The molecule has 0 aliphatic rings. The lowest BCUT2D eigenvalue weighted by Crippen LogP contribution is -2.30. The number of nitrogens with two attached hydrogens (primary N) is 1. The number of carbonyl (C=O) groups is 2. The maximum atomic E-state index is 12.1. The van der Waals surface area contributed by atoms with E-state index in [0.717, 1.165) is 0 Å². The first-order valence-corrected chi connectivity index (χ1v) is 8.90. The van der Waals surface area contributed by atoms with Crippen molar-refractivity contribution in [2.24, 2.45) is 5.14 Å². The van der Waals surface area contributed by atoms with Crippen molar-refractivity contribution in [1.82, 2.24) is 0 Å². The first-order valence-electron chi connectivity index (χ1n) is 7.35. The molecular formula is C17H15N3O5S. The molecule has 0 fully saturated rings. The normalized spacial score (nSPS) is 11.9. The minimum atomic E-state index is -3.82. The van der Waals surface area contributed by atoms with Gasteiger partial charge in [-0.05, 0) is 55.5 Å². The van der Waals surface area contributed by atoms with Crippen LogP contribution < -0.4 is 10.5 Å². The number of nitriles is 1. The molecule has 9 heteroatoms. The summed E-state index contributed by atoms with van der Waals surface area (Å²) >= 11 is 0. The summed E-state index contributed by atoms with van der Waals surface area (Å²) < 4.78 is 27.4. The Balaban J connectivity index is 1.98. The van der Waals surface area contributed by atoms with Crippen molar-refractivity contribution in [3.8, 4) is 6.07 Å². The predicted molar refractivity (Wildman–Crippen MR) is 92.5 cm³/mol. The molecule has 0 bridgehead atoms. The fourth-order valence-electron chi connectivity index (χ4n) is 1.93. The molecule has 2 rings (SSSR count). The average molecular weight is 373 g/mol. The van der Waals surface area contributed by atoms with E-state index >= 15 is 0 Å². The van der Waals surface area contributed by atoms with Crippen LogP contribution in [0.5, 0.6) is 0 Å². The van der Waals surface area contributed by atoms with Gasteiger partial charge >= 0.3 is 5.97 Å². The molecule has 134 valence electrons. The summed E-state index contributed by atoms with van der Waals surface area (Å²) in [7, 11) is -3.82. The number of nitrogens with one attached hydrogen (secondary N) is 1. The maximum Gasteiger partial charge on any atom is 0.338 e. The molecule has 0 spiro atoms. The van der Waals surface area contributed by atoms with E-state index in [4.69, 9.17) is 15.1 Å². The minimum absolute atomic E-state index is 0.0872. The van der Waals surface area contributed by atoms with Gasteiger partial charge in [0, 0.05) is 5.69 Å². The van der Waals surface area contributed by atoms with Gasteiger partial charge < -0.3 is 10.1 Å². The van der Waals surface area contributed by atoms with Crippen LogP contribution in [0.2, 0.25) is 0 Å². The number of benzene rings is 2. The number of nitrogens with zero attached hydrogens (tertiary/aromatic N) is 1. The van der Waals surface area contributed by atoms with Crippen molar-refractivity contribution in [2.45, 2.75) is 17.9 Å². The van der Waals surface area contributed by atoms with E-state index in [1.54, 1.807) is 0 Å². The summed E-state index contributed by atoms with van der Waals surface area (Å²) in [6.45, 7) is 1.40. The van der Waals surface area contributed by atoms with Crippen LogP contribution in [0.4, 0.5) is 5.69 Å². The number of rotatable bonds is 5. The number of hydrogen-bond acceptors (Lipinski definition) is 6. The predicted octanol–water partition coefficient (Wildman–Crippen LogP) is 1.39. The summed E-state index contributed by atoms with van der Waals surface area (Å²) in [5, 5.41) is 16.2. The van der Waals surface area contributed by atoms with E-state index in [2.05, 4.69) is 5.32 Å². The first-order chi connectivity index (χ1) is 12.2. The fraction of sp³-hybridized carbons (Fsp3) is 0.118. The van der Waals surface area contributed by atoms with Crippen LogP contribution in [0.25, 0.3) is 0 Å². The summed E-state index contributed by atoms with van der Waals surface area (Å²) in [6, 6.07) is 13.0. The number of amides is 1. The molecular weight excluding hydrogens is 358 g/mol. The average Bonchev–Trinajstić information content (AvgIpc) is 2.61. The number of sulfonamides is 1. The van der Waals surface area contributed by atoms with Gasteiger partial charge in [0.2, 0.25) is 10.0 Å².